The lowest BCUT2D eigenvalue weighted by molar-refractivity contribution is 0.430. The molecule has 2 N–H and O–H groups in total. The van der Waals surface area contributed by atoms with Gasteiger partial charge in [0.1, 0.15) is 21.8 Å². The van der Waals surface area contributed by atoms with E-state index in [-0.39, 0.29) is 18.8 Å². The van der Waals surface area contributed by atoms with Gasteiger partial charge in [-0.3, -0.25) is 0 Å². The molecule has 37 heavy (non-hydrogen) atoms. The normalized spacial score (nSPS) is 12.5. The first-order valence-electron chi connectivity index (χ1n) is 11.0. The summed E-state index contributed by atoms with van der Waals surface area (Å²) in [4.78, 5) is -1.74. The molecule has 0 aliphatic heterocycles. The molecule has 0 bridgehead atoms. The van der Waals surface area contributed by atoms with Crippen molar-refractivity contribution in [3.05, 3.63) is 102 Å². The van der Waals surface area contributed by atoms with Crippen LogP contribution < -0.4 is 9.44 Å². The van der Waals surface area contributed by atoms with Crippen LogP contribution in [0.15, 0.2) is 109 Å². The Morgan fingerprint density at radius 3 is 1.95 bits per heavy atom. The van der Waals surface area contributed by atoms with Crippen LogP contribution in [0.4, 0.5) is 0 Å². The Kier molecular flexibility index (Phi) is 7.99. The van der Waals surface area contributed by atoms with Crippen molar-refractivity contribution in [3.8, 4) is 0 Å². The van der Waals surface area contributed by atoms with Gasteiger partial charge >= 0.3 is 0 Å². The second-order valence-electron chi connectivity index (χ2n) is 8.00. The molecule has 0 aliphatic rings. The number of rotatable bonds is 12. The maximum absolute atomic E-state index is 13.5. The predicted molar refractivity (Wildman–Crippen MR) is 134 cm³/mol. The average molecular weight is 565 g/mol. The highest BCUT2D eigenvalue weighted by molar-refractivity contribution is 7.94. The van der Waals surface area contributed by atoms with Crippen LogP contribution in [0.25, 0.3) is 0 Å². The number of benzene rings is 2. The van der Waals surface area contributed by atoms with Gasteiger partial charge in [-0.2, -0.15) is 0 Å². The first kappa shape index (κ1) is 26.8. The standard InChI is InChI=1S/C24H24N2O8S3/c27-35(28,18-20-10-5-2-6-11-20)23-22(36(29,30)26-16-21-12-7-15-33-21)17-34-24(23)37(31,32)25-14-13-19-8-3-1-4-9-19/h1-12,15,17,25-26H,13-14,16,18H2. The van der Waals surface area contributed by atoms with Crippen LogP contribution in [-0.4, -0.2) is 31.8 Å². The van der Waals surface area contributed by atoms with Crippen LogP contribution in [0.2, 0.25) is 0 Å². The number of nitrogens with one attached hydrogen (secondary N) is 2. The summed E-state index contributed by atoms with van der Waals surface area (Å²) >= 11 is 0. The lowest BCUT2D eigenvalue weighted by Crippen LogP contribution is -2.28. The molecule has 2 heterocycles. The van der Waals surface area contributed by atoms with Crippen LogP contribution >= 0.6 is 0 Å². The molecule has 0 radical (unpaired) electrons. The van der Waals surface area contributed by atoms with Gasteiger partial charge in [0.25, 0.3) is 15.1 Å². The summed E-state index contributed by atoms with van der Waals surface area (Å²) in [5.41, 5.74) is 1.20. The van der Waals surface area contributed by atoms with Crippen molar-refractivity contribution in [1.29, 1.82) is 0 Å². The van der Waals surface area contributed by atoms with E-state index >= 15 is 0 Å². The van der Waals surface area contributed by atoms with Crippen molar-refractivity contribution in [2.75, 3.05) is 6.54 Å². The van der Waals surface area contributed by atoms with E-state index in [1.165, 1.54) is 24.5 Å². The molecule has 0 amide bonds. The highest BCUT2D eigenvalue weighted by atomic mass is 32.2. The lowest BCUT2D eigenvalue weighted by Gasteiger charge is -2.10. The summed E-state index contributed by atoms with van der Waals surface area (Å²) < 4.78 is 94.1. The van der Waals surface area contributed by atoms with E-state index in [0.717, 1.165) is 5.56 Å². The Balaban J connectivity index is 1.69. The fourth-order valence-corrected chi connectivity index (χ4v) is 8.48. The zero-order valence-electron chi connectivity index (χ0n) is 19.4. The molecule has 0 aliphatic carbocycles. The number of sulfonamides is 2. The Morgan fingerprint density at radius 1 is 0.676 bits per heavy atom. The second-order valence-corrected chi connectivity index (χ2v) is 13.3. The third-order valence-corrected chi connectivity index (χ3v) is 10.1. The highest BCUT2D eigenvalue weighted by Gasteiger charge is 2.38. The van der Waals surface area contributed by atoms with Gasteiger partial charge in [0, 0.05) is 6.54 Å². The zero-order chi connectivity index (χ0) is 26.5. The molecular weight excluding hydrogens is 540 g/mol. The average Bonchev–Trinajstić information content (AvgIpc) is 3.55. The monoisotopic (exact) mass is 564 g/mol. The lowest BCUT2D eigenvalue weighted by atomic mass is 10.2. The van der Waals surface area contributed by atoms with Crippen LogP contribution in [0.1, 0.15) is 16.9 Å². The van der Waals surface area contributed by atoms with E-state index < -0.39 is 50.5 Å². The molecule has 0 spiro atoms. The third-order valence-electron chi connectivity index (χ3n) is 5.29. The van der Waals surface area contributed by atoms with Gasteiger partial charge < -0.3 is 8.83 Å². The minimum absolute atomic E-state index is 0.0654. The number of hydrogen-bond donors (Lipinski definition) is 2. The van der Waals surface area contributed by atoms with E-state index in [1.54, 1.807) is 36.4 Å². The molecule has 0 atom stereocenters. The van der Waals surface area contributed by atoms with Crippen LogP contribution in [-0.2, 0) is 48.6 Å². The topological polar surface area (TPSA) is 153 Å². The van der Waals surface area contributed by atoms with Crippen molar-refractivity contribution >= 4 is 29.9 Å². The summed E-state index contributed by atoms with van der Waals surface area (Å²) in [5, 5.41) is -0.991. The van der Waals surface area contributed by atoms with E-state index in [2.05, 4.69) is 9.44 Å². The Labute approximate surface area is 215 Å². The molecule has 0 unspecified atom stereocenters. The Hall–Kier alpha value is -3.23. The maximum Gasteiger partial charge on any atom is 0.275 e. The maximum atomic E-state index is 13.5. The Bertz CT molecular complexity index is 1650. The summed E-state index contributed by atoms with van der Waals surface area (Å²) in [5.74, 6) is -0.364. The number of sulfone groups is 1. The van der Waals surface area contributed by atoms with E-state index in [9.17, 15) is 25.3 Å². The fraction of sp³-hybridized carbons (Fsp3) is 0.167. The van der Waals surface area contributed by atoms with Crippen molar-refractivity contribution in [3.63, 3.8) is 0 Å². The molecule has 2 aromatic heterocycles. The molecule has 13 heteroatoms. The zero-order valence-corrected chi connectivity index (χ0v) is 21.9. The number of furan rings is 2. The molecule has 4 rings (SSSR count). The predicted octanol–water partition coefficient (Wildman–Crippen LogP) is 2.85. The van der Waals surface area contributed by atoms with Gasteiger partial charge in [0.2, 0.25) is 10.0 Å². The molecule has 196 valence electrons. The van der Waals surface area contributed by atoms with Crippen LogP contribution in [0.5, 0.6) is 0 Å². The number of hydrogen-bond acceptors (Lipinski definition) is 8. The first-order chi connectivity index (χ1) is 17.6. The third kappa shape index (κ3) is 6.56. The molecule has 0 fully saturated rings. The van der Waals surface area contributed by atoms with Gasteiger partial charge in [-0.15, -0.1) is 0 Å². The molecular formula is C24H24N2O8S3. The summed E-state index contributed by atoms with van der Waals surface area (Å²) in [6.07, 6.45) is 2.29. The summed E-state index contributed by atoms with van der Waals surface area (Å²) in [6, 6.07) is 20.1. The summed E-state index contributed by atoms with van der Waals surface area (Å²) in [7, 11) is -13.6. The smallest absolute Gasteiger partial charge is 0.275 e. The fourth-order valence-electron chi connectivity index (χ4n) is 3.53. The van der Waals surface area contributed by atoms with Crippen molar-refractivity contribution in [2.24, 2.45) is 0 Å². The summed E-state index contributed by atoms with van der Waals surface area (Å²) in [6.45, 7) is -0.347. The quantitative estimate of drug-likeness (QED) is 0.266. The molecule has 2 aromatic carbocycles. The van der Waals surface area contributed by atoms with Gasteiger partial charge in [-0.1, -0.05) is 60.7 Å². The SMILES string of the molecule is O=S(=O)(Cc1ccccc1)c1c(S(=O)(=O)NCc2ccco2)coc1S(=O)(=O)NCCc1ccccc1. The highest BCUT2D eigenvalue weighted by Crippen LogP contribution is 2.33. The van der Waals surface area contributed by atoms with Gasteiger partial charge in [0.15, 0.2) is 9.84 Å². The minimum atomic E-state index is -4.54. The van der Waals surface area contributed by atoms with Gasteiger partial charge in [-0.25, -0.2) is 34.7 Å². The van der Waals surface area contributed by atoms with Crippen molar-refractivity contribution in [1.82, 2.24) is 9.44 Å². The largest absolute Gasteiger partial charge is 0.468 e. The van der Waals surface area contributed by atoms with E-state index in [4.69, 9.17) is 8.83 Å². The van der Waals surface area contributed by atoms with E-state index in [0.29, 0.717) is 18.2 Å². The van der Waals surface area contributed by atoms with Crippen molar-refractivity contribution < 1.29 is 34.1 Å². The minimum Gasteiger partial charge on any atom is -0.468 e. The Morgan fingerprint density at radius 2 is 1.32 bits per heavy atom. The van der Waals surface area contributed by atoms with Gasteiger partial charge in [0.05, 0.1) is 18.6 Å². The van der Waals surface area contributed by atoms with Crippen molar-refractivity contribution in [2.45, 2.75) is 33.6 Å². The molecule has 10 nitrogen and oxygen atoms in total. The first-order valence-corrected chi connectivity index (χ1v) is 15.6. The second kappa shape index (κ2) is 11.0. The van der Waals surface area contributed by atoms with Crippen LogP contribution in [0.3, 0.4) is 0 Å². The van der Waals surface area contributed by atoms with Crippen LogP contribution in [0, 0.1) is 0 Å². The molecule has 0 saturated heterocycles. The van der Waals surface area contributed by atoms with Gasteiger partial charge in [-0.05, 0) is 29.7 Å². The molecule has 0 saturated carbocycles. The van der Waals surface area contributed by atoms with E-state index in [1.807, 2.05) is 18.2 Å². The molecule has 4 aromatic rings.